The van der Waals surface area contributed by atoms with E-state index in [9.17, 15) is 9.59 Å². The molecule has 1 aromatic rings. The first-order valence-corrected chi connectivity index (χ1v) is 8.68. The first-order chi connectivity index (χ1) is 11.2. The van der Waals surface area contributed by atoms with Crippen molar-refractivity contribution in [2.75, 3.05) is 5.73 Å². The molecule has 2 N–H and O–H groups in total. The van der Waals surface area contributed by atoms with Crippen LogP contribution in [0.1, 0.15) is 75.9 Å². The summed E-state index contributed by atoms with van der Waals surface area (Å²) >= 11 is 0. The number of carbonyl (C=O) groups excluding carboxylic acids is 1. The van der Waals surface area contributed by atoms with E-state index in [1.165, 1.54) is 44.4 Å². The zero-order chi connectivity index (χ0) is 16.9. The maximum absolute atomic E-state index is 12.0. The Kier molecular flexibility index (Phi) is 9.68. The molecule has 0 fully saturated rings. The number of hydrogen-bond acceptors (Lipinski definition) is 4. The Bertz CT molecular complexity index is 549. The van der Waals surface area contributed by atoms with Gasteiger partial charge in [-0.3, -0.25) is 4.79 Å². The van der Waals surface area contributed by atoms with Crippen LogP contribution < -0.4 is 11.4 Å². The summed E-state index contributed by atoms with van der Waals surface area (Å²) in [6.45, 7) is 2.21. The second-order valence-corrected chi connectivity index (χ2v) is 5.80. The number of allylic oxidation sites excluding steroid dienone is 2. The highest BCUT2D eigenvalue weighted by molar-refractivity contribution is 5.81. The number of anilines is 1. The van der Waals surface area contributed by atoms with Crippen LogP contribution in [-0.2, 0) is 0 Å². The molecule has 0 saturated heterocycles. The molecule has 0 saturated carbocycles. The highest BCUT2D eigenvalue weighted by Crippen LogP contribution is 2.09. The van der Waals surface area contributed by atoms with Crippen molar-refractivity contribution in [3.05, 3.63) is 34.9 Å². The third-order valence-corrected chi connectivity index (χ3v) is 3.78. The van der Waals surface area contributed by atoms with E-state index in [0.717, 1.165) is 30.3 Å². The average Bonchev–Trinajstić information content (AvgIpc) is 2.52. The topological polar surface area (TPSA) is 78.0 Å². The van der Waals surface area contributed by atoms with Crippen LogP contribution in [-0.4, -0.2) is 15.5 Å². The van der Waals surface area contributed by atoms with Gasteiger partial charge in [0.2, 0.25) is 5.91 Å². The van der Waals surface area contributed by atoms with E-state index in [-0.39, 0.29) is 11.7 Å². The summed E-state index contributed by atoms with van der Waals surface area (Å²) in [6.07, 6.45) is 16.3. The van der Waals surface area contributed by atoms with Gasteiger partial charge in [0.25, 0.3) is 0 Å². The first-order valence-electron chi connectivity index (χ1n) is 8.68. The highest BCUT2D eigenvalue weighted by atomic mass is 16.2. The largest absolute Gasteiger partial charge is 0.385 e. The maximum Gasteiger partial charge on any atom is 0.355 e. The van der Waals surface area contributed by atoms with Crippen LogP contribution in [0.2, 0.25) is 0 Å². The SMILES string of the molecule is CCCCC=CCCCCCCCC(=O)n1c(N)ccnc1=O. The van der Waals surface area contributed by atoms with Crippen molar-refractivity contribution < 1.29 is 4.79 Å². The Labute approximate surface area is 138 Å². The number of nitrogen functional groups attached to an aromatic ring is 1. The fraction of sp³-hybridized carbons (Fsp3) is 0.611. The Morgan fingerprint density at radius 1 is 1.13 bits per heavy atom. The molecule has 0 aliphatic rings. The molecule has 23 heavy (non-hydrogen) atoms. The third-order valence-electron chi connectivity index (χ3n) is 3.78. The molecular formula is C18H29N3O2. The molecule has 5 nitrogen and oxygen atoms in total. The lowest BCUT2D eigenvalue weighted by Crippen LogP contribution is -2.30. The van der Waals surface area contributed by atoms with Crippen LogP contribution in [0.25, 0.3) is 0 Å². The lowest BCUT2D eigenvalue weighted by atomic mass is 10.1. The normalized spacial score (nSPS) is 11.2. The summed E-state index contributed by atoms with van der Waals surface area (Å²) in [5.74, 6) is -0.107. The summed E-state index contributed by atoms with van der Waals surface area (Å²) < 4.78 is 0.959. The minimum absolute atomic E-state index is 0.157. The Morgan fingerprint density at radius 3 is 2.48 bits per heavy atom. The van der Waals surface area contributed by atoms with Crippen molar-refractivity contribution in [1.29, 1.82) is 0 Å². The van der Waals surface area contributed by atoms with Crippen molar-refractivity contribution in [3.63, 3.8) is 0 Å². The summed E-state index contributed by atoms with van der Waals surface area (Å²) in [6, 6.07) is 1.47. The van der Waals surface area contributed by atoms with Gasteiger partial charge in [-0.25, -0.2) is 14.3 Å². The fourth-order valence-corrected chi connectivity index (χ4v) is 2.41. The van der Waals surface area contributed by atoms with E-state index in [1.54, 1.807) is 0 Å². The number of nitrogens with two attached hydrogens (primary N) is 1. The predicted molar refractivity (Wildman–Crippen MR) is 94.5 cm³/mol. The van der Waals surface area contributed by atoms with E-state index >= 15 is 0 Å². The van der Waals surface area contributed by atoms with Crippen molar-refractivity contribution in [3.8, 4) is 0 Å². The number of aromatic nitrogens is 2. The molecule has 5 heteroatoms. The average molecular weight is 319 g/mol. The highest BCUT2D eigenvalue weighted by Gasteiger charge is 2.10. The Morgan fingerprint density at radius 2 is 1.78 bits per heavy atom. The zero-order valence-corrected chi connectivity index (χ0v) is 14.2. The number of unbranched alkanes of at least 4 members (excludes halogenated alkanes) is 7. The summed E-state index contributed by atoms with van der Waals surface area (Å²) in [5.41, 5.74) is 5.05. The van der Waals surface area contributed by atoms with Gasteiger partial charge in [-0.2, -0.15) is 0 Å². The van der Waals surface area contributed by atoms with Gasteiger partial charge in [0.1, 0.15) is 5.82 Å². The lowest BCUT2D eigenvalue weighted by Gasteiger charge is -2.06. The second kappa shape index (κ2) is 11.6. The van der Waals surface area contributed by atoms with Crippen molar-refractivity contribution in [1.82, 2.24) is 9.55 Å². The quantitative estimate of drug-likeness (QED) is 0.495. The molecule has 0 bridgehead atoms. The minimum Gasteiger partial charge on any atom is -0.385 e. The second-order valence-electron chi connectivity index (χ2n) is 5.80. The Hall–Kier alpha value is -1.91. The van der Waals surface area contributed by atoms with Crippen molar-refractivity contribution in [2.45, 2.75) is 71.1 Å². The van der Waals surface area contributed by atoms with Gasteiger partial charge in [-0.05, 0) is 31.7 Å². The van der Waals surface area contributed by atoms with Crippen LogP contribution >= 0.6 is 0 Å². The predicted octanol–water partition coefficient (Wildman–Crippen LogP) is 3.94. The molecule has 0 aromatic carbocycles. The lowest BCUT2D eigenvalue weighted by molar-refractivity contribution is 0.0896. The number of rotatable bonds is 11. The van der Waals surface area contributed by atoms with Crippen molar-refractivity contribution >= 4 is 11.7 Å². The van der Waals surface area contributed by atoms with E-state index in [4.69, 9.17) is 5.73 Å². The number of nitrogens with zero attached hydrogens (tertiary/aromatic N) is 2. The van der Waals surface area contributed by atoms with Gasteiger partial charge in [0.05, 0.1) is 0 Å². The standard InChI is InChI=1S/C18H29N3O2/c1-2-3-4-5-6-7-8-9-10-11-12-13-17(22)21-16(19)14-15-20-18(21)23/h5-6,14-15H,2-4,7-13,19H2,1H3. The summed E-state index contributed by atoms with van der Waals surface area (Å²) in [4.78, 5) is 27.1. The van der Waals surface area contributed by atoms with Gasteiger partial charge in [0, 0.05) is 12.6 Å². The van der Waals surface area contributed by atoms with Crippen LogP contribution in [0.5, 0.6) is 0 Å². The van der Waals surface area contributed by atoms with E-state index < -0.39 is 5.69 Å². The van der Waals surface area contributed by atoms with Crippen LogP contribution in [0.3, 0.4) is 0 Å². The molecule has 0 radical (unpaired) electrons. The molecule has 1 aromatic heterocycles. The van der Waals surface area contributed by atoms with E-state index in [1.807, 2.05) is 0 Å². The molecule has 0 aliphatic heterocycles. The molecule has 128 valence electrons. The van der Waals surface area contributed by atoms with Crippen LogP contribution in [0.4, 0.5) is 5.82 Å². The zero-order valence-electron chi connectivity index (χ0n) is 14.2. The Balaban J connectivity index is 2.10. The van der Waals surface area contributed by atoms with Gasteiger partial charge in [-0.15, -0.1) is 0 Å². The molecular weight excluding hydrogens is 290 g/mol. The maximum atomic E-state index is 12.0. The molecule has 1 heterocycles. The molecule has 0 aliphatic carbocycles. The molecule has 1 rings (SSSR count). The smallest absolute Gasteiger partial charge is 0.355 e. The van der Waals surface area contributed by atoms with E-state index in [2.05, 4.69) is 24.1 Å². The molecule has 0 spiro atoms. The molecule has 0 amide bonds. The molecule has 0 unspecified atom stereocenters. The molecule has 0 atom stereocenters. The summed E-state index contributed by atoms with van der Waals surface area (Å²) in [7, 11) is 0. The number of carbonyl (C=O) groups is 1. The monoisotopic (exact) mass is 319 g/mol. The van der Waals surface area contributed by atoms with E-state index in [0.29, 0.717) is 6.42 Å². The van der Waals surface area contributed by atoms with Gasteiger partial charge >= 0.3 is 5.69 Å². The van der Waals surface area contributed by atoms with Crippen LogP contribution in [0, 0.1) is 0 Å². The van der Waals surface area contributed by atoms with Crippen LogP contribution in [0.15, 0.2) is 29.2 Å². The van der Waals surface area contributed by atoms with Gasteiger partial charge in [0.15, 0.2) is 0 Å². The first kappa shape index (κ1) is 19.1. The summed E-state index contributed by atoms with van der Waals surface area (Å²) in [5, 5.41) is 0. The van der Waals surface area contributed by atoms with Gasteiger partial charge < -0.3 is 5.73 Å². The minimum atomic E-state index is -0.593. The third kappa shape index (κ3) is 7.77. The van der Waals surface area contributed by atoms with Gasteiger partial charge in [-0.1, -0.05) is 51.2 Å². The number of hydrogen-bond donors (Lipinski definition) is 1. The fourth-order valence-electron chi connectivity index (χ4n) is 2.41. The van der Waals surface area contributed by atoms with Crippen molar-refractivity contribution in [2.24, 2.45) is 0 Å².